The molecule has 2 N–H and O–H groups in total. The van der Waals surface area contributed by atoms with E-state index in [1.165, 1.54) is 6.20 Å². The summed E-state index contributed by atoms with van der Waals surface area (Å²) in [6, 6.07) is 3.39. The highest BCUT2D eigenvalue weighted by molar-refractivity contribution is 5.72. The van der Waals surface area contributed by atoms with Crippen LogP contribution in [0.2, 0.25) is 0 Å². The van der Waals surface area contributed by atoms with Gasteiger partial charge >= 0.3 is 5.97 Å². The minimum Gasteiger partial charge on any atom is -0.481 e. The fourth-order valence-corrected chi connectivity index (χ4v) is 2.13. The zero-order valence-electron chi connectivity index (χ0n) is 9.13. The van der Waals surface area contributed by atoms with Gasteiger partial charge < -0.3 is 10.4 Å². The van der Waals surface area contributed by atoms with E-state index < -0.39 is 11.9 Å². The standard InChI is InChI=1S/C11H12N4O2/c12-6-7-4-5-13-15-10(7)14-9-3-1-2-8(9)11(16)17/h4-5,8-9H,1-3H2,(H,14,15)(H,16,17). The number of anilines is 1. The Morgan fingerprint density at radius 3 is 3.12 bits per heavy atom. The lowest BCUT2D eigenvalue weighted by molar-refractivity contribution is -0.141. The zero-order valence-corrected chi connectivity index (χ0v) is 9.13. The van der Waals surface area contributed by atoms with Crippen molar-refractivity contribution in [2.24, 2.45) is 5.92 Å². The minimum atomic E-state index is -0.803. The average Bonchev–Trinajstić information content (AvgIpc) is 2.78. The Bertz CT molecular complexity index is 469. The molecule has 6 nitrogen and oxygen atoms in total. The van der Waals surface area contributed by atoms with Crippen LogP contribution in [0.5, 0.6) is 0 Å². The van der Waals surface area contributed by atoms with Gasteiger partial charge in [-0.3, -0.25) is 4.79 Å². The van der Waals surface area contributed by atoms with Gasteiger partial charge in [0.15, 0.2) is 5.82 Å². The van der Waals surface area contributed by atoms with Crippen LogP contribution < -0.4 is 5.32 Å². The Morgan fingerprint density at radius 1 is 1.59 bits per heavy atom. The number of carbonyl (C=O) groups is 1. The lowest BCUT2D eigenvalue weighted by Gasteiger charge is -2.18. The van der Waals surface area contributed by atoms with Gasteiger partial charge in [0, 0.05) is 6.04 Å². The van der Waals surface area contributed by atoms with Gasteiger partial charge in [-0.05, 0) is 18.9 Å². The van der Waals surface area contributed by atoms with Crippen LogP contribution in [0.25, 0.3) is 0 Å². The van der Waals surface area contributed by atoms with Gasteiger partial charge in [-0.2, -0.15) is 10.4 Å². The number of aromatic nitrogens is 2. The van der Waals surface area contributed by atoms with Crippen molar-refractivity contribution in [1.29, 1.82) is 5.26 Å². The van der Waals surface area contributed by atoms with E-state index in [1.54, 1.807) is 6.07 Å². The highest BCUT2D eigenvalue weighted by Gasteiger charge is 2.33. The van der Waals surface area contributed by atoms with E-state index in [0.717, 1.165) is 12.8 Å². The smallest absolute Gasteiger partial charge is 0.308 e. The van der Waals surface area contributed by atoms with Crippen LogP contribution in [0.1, 0.15) is 24.8 Å². The van der Waals surface area contributed by atoms with Crippen molar-refractivity contribution in [2.75, 3.05) is 5.32 Å². The van der Waals surface area contributed by atoms with Crippen molar-refractivity contribution in [1.82, 2.24) is 10.2 Å². The second-order valence-electron chi connectivity index (χ2n) is 4.03. The van der Waals surface area contributed by atoms with Crippen LogP contribution in [0.4, 0.5) is 5.82 Å². The summed E-state index contributed by atoms with van der Waals surface area (Å²) in [4.78, 5) is 11.0. The second kappa shape index (κ2) is 4.78. The second-order valence-corrected chi connectivity index (χ2v) is 4.03. The number of carboxylic acid groups (broad SMARTS) is 1. The van der Waals surface area contributed by atoms with Crippen LogP contribution in [-0.2, 0) is 4.79 Å². The molecule has 88 valence electrons. The van der Waals surface area contributed by atoms with Crippen LogP contribution in [0.15, 0.2) is 12.3 Å². The summed E-state index contributed by atoms with van der Waals surface area (Å²) in [6.07, 6.45) is 3.75. The molecule has 0 bridgehead atoms. The topological polar surface area (TPSA) is 98.9 Å². The highest BCUT2D eigenvalue weighted by atomic mass is 16.4. The summed E-state index contributed by atoms with van der Waals surface area (Å²) in [5.74, 6) is -0.848. The van der Waals surface area contributed by atoms with Gasteiger partial charge in [0.05, 0.1) is 17.7 Å². The number of nitriles is 1. The van der Waals surface area contributed by atoms with E-state index in [4.69, 9.17) is 10.4 Å². The molecule has 6 heteroatoms. The number of hydrogen-bond donors (Lipinski definition) is 2. The van der Waals surface area contributed by atoms with Gasteiger partial charge in [0.25, 0.3) is 0 Å². The summed E-state index contributed by atoms with van der Waals surface area (Å²) in [5.41, 5.74) is 0.385. The summed E-state index contributed by atoms with van der Waals surface area (Å²) < 4.78 is 0. The largest absolute Gasteiger partial charge is 0.481 e. The molecule has 2 rings (SSSR count). The number of carboxylic acids is 1. The number of nitrogens with one attached hydrogen (secondary N) is 1. The zero-order chi connectivity index (χ0) is 12.3. The average molecular weight is 232 g/mol. The monoisotopic (exact) mass is 232 g/mol. The Morgan fingerprint density at radius 2 is 2.41 bits per heavy atom. The molecule has 1 aliphatic rings. The van der Waals surface area contributed by atoms with E-state index in [-0.39, 0.29) is 6.04 Å². The van der Waals surface area contributed by atoms with Crippen LogP contribution in [0.3, 0.4) is 0 Å². The summed E-state index contributed by atoms with van der Waals surface area (Å²) in [5, 5.41) is 28.5. The van der Waals surface area contributed by atoms with Crippen molar-refractivity contribution in [3.63, 3.8) is 0 Å². The Hall–Kier alpha value is -2.16. The van der Waals surface area contributed by atoms with Crippen molar-refractivity contribution < 1.29 is 9.90 Å². The van der Waals surface area contributed by atoms with E-state index in [2.05, 4.69) is 15.5 Å². The molecule has 0 saturated heterocycles. The lowest BCUT2D eigenvalue weighted by Crippen LogP contribution is -2.30. The molecule has 1 saturated carbocycles. The molecule has 1 aliphatic carbocycles. The molecule has 2 atom stereocenters. The third-order valence-corrected chi connectivity index (χ3v) is 3.00. The SMILES string of the molecule is N#Cc1ccnnc1NC1CCCC1C(=O)O. The molecule has 1 aromatic rings. The molecular weight excluding hydrogens is 220 g/mol. The first kappa shape index (κ1) is 11.3. The van der Waals surface area contributed by atoms with Gasteiger partial charge in [-0.15, -0.1) is 5.10 Å². The summed E-state index contributed by atoms with van der Waals surface area (Å²) in [7, 11) is 0. The minimum absolute atomic E-state index is 0.170. The van der Waals surface area contributed by atoms with Gasteiger partial charge in [0.2, 0.25) is 0 Å². The molecule has 1 heterocycles. The predicted octanol–water partition coefficient (Wildman–Crippen LogP) is 1.01. The molecule has 1 aromatic heterocycles. The van der Waals surface area contributed by atoms with Crippen molar-refractivity contribution in [3.05, 3.63) is 17.8 Å². The summed E-state index contributed by atoms with van der Waals surface area (Å²) >= 11 is 0. The van der Waals surface area contributed by atoms with E-state index in [1.807, 2.05) is 6.07 Å². The number of hydrogen-bond acceptors (Lipinski definition) is 5. The van der Waals surface area contributed by atoms with E-state index in [9.17, 15) is 4.79 Å². The van der Waals surface area contributed by atoms with Crippen LogP contribution >= 0.6 is 0 Å². The van der Waals surface area contributed by atoms with Crippen LogP contribution in [0, 0.1) is 17.2 Å². The molecule has 0 radical (unpaired) electrons. The first-order valence-corrected chi connectivity index (χ1v) is 5.43. The molecule has 0 aliphatic heterocycles. The Balaban J connectivity index is 2.15. The molecule has 1 fully saturated rings. The van der Waals surface area contributed by atoms with Gasteiger partial charge in [0.1, 0.15) is 6.07 Å². The Kier molecular flexibility index (Phi) is 3.19. The first-order valence-electron chi connectivity index (χ1n) is 5.43. The molecule has 0 amide bonds. The van der Waals surface area contributed by atoms with Crippen molar-refractivity contribution >= 4 is 11.8 Å². The van der Waals surface area contributed by atoms with Gasteiger partial charge in [-0.1, -0.05) is 6.42 Å². The molecule has 0 spiro atoms. The highest BCUT2D eigenvalue weighted by Crippen LogP contribution is 2.28. The van der Waals surface area contributed by atoms with Crippen molar-refractivity contribution in [2.45, 2.75) is 25.3 Å². The molecule has 0 aromatic carbocycles. The maximum atomic E-state index is 11.0. The fraction of sp³-hybridized carbons (Fsp3) is 0.455. The van der Waals surface area contributed by atoms with Crippen molar-refractivity contribution in [3.8, 4) is 6.07 Å². The van der Waals surface area contributed by atoms with E-state index >= 15 is 0 Å². The molecular formula is C11H12N4O2. The number of aliphatic carboxylic acids is 1. The fourth-order valence-electron chi connectivity index (χ4n) is 2.13. The summed E-state index contributed by atoms with van der Waals surface area (Å²) in [6.45, 7) is 0. The van der Waals surface area contributed by atoms with Gasteiger partial charge in [-0.25, -0.2) is 0 Å². The third-order valence-electron chi connectivity index (χ3n) is 3.00. The lowest BCUT2D eigenvalue weighted by atomic mass is 10.0. The Labute approximate surface area is 98.3 Å². The quantitative estimate of drug-likeness (QED) is 0.807. The molecule has 2 unspecified atom stereocenters. The maximum Gasteiger partial charge on any atom is 0.308 e. The first-order chi connectivity index (χ1) is 8.22. The third kappa shape index (κ3) is 2.33. The van der Waals surface area contributed by atoms with Crippen LogP contribution in [-0.4, -0.2) is 27.3 Å². The maximum absolute atomic E-state index is 11.0. The van der Waals surface area contributed by atoms with E-state index in [0.29, 0.717) is 17.8 Å². The normalized spacial score (nSPS) is 23.0. The number of rotatable bonds is 3. The number of nitrogens with zero attached hydrogens (tertiary/aromatic N) is 3. The predicted molar refractivity (Wildman–Crippen MR) is 59.1 cm³/mol. The molecule has 17 heavy (non-hydrogen) atoms.